The van der Waals surface area contributed by atoms with Gasteiger partial charge in [-0.2, -0.15) is 0 Å². The van der Waals surface area contributed by atoms with E-state index < -0.39 is 5.60 Å². The summed E-state index contributed by atoms with van der Waals surface area (Å²) in [4.78, 5) is 11.1. The molecule has 0 aromatic rings. The number of aliphatic hydroxyl groups is 1. The average Bonchev–Trinajstić information content (AvgIpc) is 1.86. The van der Waals surface area contributed by atoms with Crippen LogP contribution in [0.1, 0.15) is 33.6 Å². The third-order valence-corrected chi connectivity index (χ3v) is 2.03. The van der Waals surface area contributed by atoms with Crippen LogP contribution >= 0.6 is 0 Å². The largest absolute Gasteiger partial charge is 0.463 e. The van der Waals surface area contributed by atoms with Gasteiger partial charge in [-0.1, -0.05) is 13.8 Å². The molecule has 0 bridgehead atoms. The van der Waals surface area contributed by atoms with Crippen molar-refractivity contribution in [2.24, 2.45) is 5.41 Å². The quantitative estimate of drug-likeness (QED) is 0.556. The second kappa shape index (κ2) is 2.73. The van der Waals surface area contributed by atoms with Gasteiger partial charge in [-0.05, 0) is 18.8 Å². The van der Waals surface area contributed by atoms with E-state index in [1.54, 1.807) is 6.92 Å². The first-order valence-corrected chi connectivity index (χ1v) is 4.19. The highest BCUT2D eigenvalue weighted by Crippen LogP contribution is 2.34. The first-order chi connectivity index (χ1) is 5.31. The van der Waals surface area contributed by atoms with Gasteiger partial charge in [0, 0.05) is 0 Å². The first kappa shape index (κ1) is 9.52. The molecule has 70 valence electrons. The highest BCUT2D eigenvalue weighted by molar-refractivity contribution is 5.70. The predicted molar refractivity (Wildman–Crippen MR) is 44.6 cm³/mol. The van der Waals surface area contributed by atoms with Crippen molar-refractivity contribution in [3.05, 3.63) is 0 Å². The molecule has 1 N–H and O–H groups in total. The normalized spacial score (nSPS) is 35.5. The zero-order chi connectivity index (χ0) is 9.41. The Kier molecular flexibility index (Phi) is 2.17. The fourth-order valence-electron chi connectivity index (χ4n) is 1.82. The molecular weight excluding hydrogens is 156 g/mol. The maximum Gasteiger partial charge on any atom is 0.306 e. The minimum Gasteiger partial charge on any atom is -0.463 e. The Balaban J connectivity index is 2.76. The smallest absolute Gasteiger partial charge is 0.306 e. The summed E-state index contributed by atoms with van der Waals surface area (Å²) in [5.74, 6) is -0.210. The van der Waals surface area contributed by atoms with Crippen LogP contribution in [0.4, 0.5) is 0 Å². The van der Waals surface area contributed by atoms with E-state index in [9.17, 15) is 9.90 Å². The summed E-state index contributed by atoms with van der Waals surface area (Å²) in [5.41, 5.74) is -1.02. The van der Waals surface area contributed by atoms with E-state index in [1.807, 2.05) is 13.8 Å². The number of rotatable bonds is 0. The van der Waals surface area contributed by atoms with Crippen molar-refractivity contribution in [1.29, 1.82) is 0 Å². The van der Waals surface area contributed by atoms with Crippen molar-refractivity contribution in [3.63, 3.8) is 0 Å². The standard InChI is InChI=1S/C9H16O3/c1-8(2)4-7(10)12-6-9(3,11)5-8/h11H,4-6H2,1-3H3. The highest BCUT2D eigenvalue weighted by atomic mass is 16.5. The van der Waals surface area contributed by atoms with E-state index >= 15 is 0 Å². The topological polar surface area (TPSA) is 46.5 Å². The van der Waals surface area contributed by atoms with Gasteiger partial charge in [-0.25, -0.2) is 0 Å². The van der Waals surface area contributed by atoms with Gasteiger partial charge >= 0.3 is 5.97 Å². The fraction of sp³-hybridized carbons (Fsp3) is 0.889. The summed E-state index contributed by atoms with van der Waals surface area (Å²) < 4.78 is 4.86. The van der Waals surface area contributed by atoms with Crippen molar-refractivity contribution in [3.8, 4) is 0 Å². The van der Waals surface area contributed by atoms with Gasteiger partial charge < -0.3 is 9.84 Å². The Labute approximate surface area is 72.7 Å². The van der Waals surface area contributed by atoms with Crippen LogP contribution in [0, 0.1) is 5.41 Å². The predicted octanol–water partition coefficient (Wildman–Crippen LogP) is 1.10. The van der Waals surface area contributed by atoms with Crippen molar-refractivity contribution >= 4 is 5.97 Å². The van der Waals surface area contributed by atoms with Gasteiger partial charge in [0.1, 0.15) is 6.61 Å². The molecule has 0 aromatic heterocycles. The molecule has 1 heterocycles. The minimum absolute atomic E-state index is 0.120. The molecule has 0 saturated carbocycles. The molecule has 0 radical (unpaired) electrons. The van der Waals surface area contributed by atoms with Crippen LogP contribution in [0.15, 0.2) is 0 Å². The molecule has 0 aliphatic carbocycles. The van der Waals surface area contributed by atoms with Crippen LogP contribution in [0.25, 0.3) is 0 Å². The van der Waals surface area contributed by atoms with Gasteiger partial charge in [-0.3, -0.25) is 4.79 Å². The van der Waals surface area contributed by atoms with Gasteiger partial charge in [0.2, 0.25) is 0 Å². The molecule has 0 spiro atoms. The van der Waals surface area contributed by atoms with Crippen molar-refractivity contribution in [2.75, 3.05) is 6.61 Å². The molecule has 3 nitrogen and oxygen atoms in total. The van der Waals surface area contributed by atoms with Gasteiger partial charge in [0.05, 0.1) is 12.0 Å². The summed E-state index contributed by atoms with van der Waals surface area (Å²) in [6.07, 6.45) is 0.995. The summed E-state index contributed by atoms with van der Waals surface area (Å²) in [7, 11) is 0. The molecule has 1 rings (SSSR count). The molecule has 1 unspecified atom stereocenters. The Morgan fingerprint density at radius 1 is 1.42 bits per heavy atom. The SMILES string of the molecule is CC1(C)CC(=O)OCC(C)(O)C1. The molecule has 1 aliphatic rings. The zero-order valence-corrected chi connectivity index (χ0v) is 7.89. The number of carbonyl (C=O) groups is 1. The fourth-order valence-corrected chi connectivity index (χ4v) is 1.82. The summed E-state index contributed by atoms with van der Waals surface area (Å²) in [6, 6.07) is 0. The van der Waals surface area contributed by atoms with E-state index in [4.69, 9.17) is 4.74 Å². The third-order valence-electron chi connectivity index (χ3n) is 2.03. The molecular formula is C9H16O3. The van der Waals surface area contributed by atoms with Gasteiger partial charge in [-0.15, -0.1) is 0 Å². The number of esters is 1. The Bertz CT molecular complexity index is 194. The van der Waals surface area contributed by atoms with Gasteiger partial charge in [0.15, 0.2) is 0 Å². The van der Waals surface area contributed by atoms with Crippen molar-refractivity contribution in [2.45, 2.75) is 39.2 Å². The maximum atomic E-state index is 11.1. The molecule has 1 saturated heterocycles. The minimum atomic E-state index is -0.865. The molecule has 3 heteroatoms. The molecule has 1 fully saturated rings. The molecule has 12 heavy (non-hydrogen) atoms. The van der Waals surface area contributed by atoms with Crippen molar-refractivity contribution in [1.82, 2.24) is 0 Å². The number of ether oxygens (including phenoxy) is 1. The van der Waals surface area contributed by atoms with Crippen molar-refractivity contribution < 1.29 is 14.6 Å². The van der Waals surface area contributed by atoms with Crippen LogP contribution in [0.5, 0.6) is 0 Å². The lowest BCUT2D eigenvalue weighted by atomic mass is 9.80. The third kappa shape index (κ3) is 2.48. The lowest BCUT2D eigenvalue weighted by Gasteiger charge is -2.28. The number of cyclic esters (lactones) is 1. The second-order valence-electron chi connectivity index (χ2n) is 4.68. The Morgan fingerprint density at radius 3 is 2.58 bits per heavy atom. The molecule has 0 aromatic carbocycles. The highest BCUT2D eigenvalue weighted by Gasteiger charge is 2.37. The average molecular weight is 172 g/mol. The number of hydrogen-bond acceptors (Lipinski definition) is 3. The Morgan fingerprint density at radius 2 is 2.00 bits per heavy atom. The van der Waals surface area contributed by atoms with Crippen LogP contribution < -0.4 is 0 Å². The summed E-state index contributed by atoms with van der Waals surface area (Å²) in [5, 5.41) is 9.73. The van der Waals surface area contributed by atoms with E-state index in [1.165, 1.54) is 0 Å². The monoisotopic (exact) mass is 172 g/mol. The lowest BCUT2D eigenvalue weighted by Crippen LogP contribution is -2.33. The van der Waals surface area contributed by atoms with Crippen LogP contribution in [0.3, 0.4) is 0 Å². The van der Waals surface area contributed by atoms with E-state index in [2.05, 4.69) is 0 Å². The lowest BCUT2D eigenvalue weighted by molar-refractivity contribution is -0.147. The van der Waals surface area contributed by atoms with Crippen LogP contribution in [0.2, 0.25) is 0 Å². The zero-order valence-electron chi connectivity index (χ0n) is 7.89. The summed E-state index contributed by atoms with van der Waals surface area (Å²) >= 11 is 0. The summed E-state index contributed by atoms with van der Waals surface area (Å²) in [6.45, 7) is 5.75. The molecule has 1 aliphatic heterocycles. The maximum absolute atomic E-state index is 11.1. The van der Waals surface area contributed by atoms with E-state index in [0.29, 0.717) is 12.8 Å². The molecule has 1 atom stereocenters. The number of hydrogen-bond donors (Lipinski definition) is 1. The number of carbonyl (C=O) groups excluding carboxylic acids is 1. The first-order valence-electron chi connectivity index (χ1n) is 4.19. The van der Waals surface area contributed by atoms with E-state index in [-0.39, 0.29) is 18.0 Å². The Hall–Kier alpha value is -0.570. The van der Waals surface area contributed by atoms with Gasteiger partial charge in [0.25, 0.3) is 0 Å². The second-order valence-corrected chi connectivity index (χ2v) is 4.68. The molecule has 0 amide bonds. The van der Waals surface area contributed by atoms with E-state index in [0.717, 1.165) is 0 Å². The van der Waals surface area contributed by atoms with Crippen LogP contribution in [-0.4, -0.2) is 23.3 Å². The van der Waals surface area contributed by atoms with Crippen LogP contribution in [-0.2, 0) is 9.53 Å².